The molecule has 0 saturated carbocycles. The normalized spacial score (nSPS) is 10.8. The van der Waals surface area contributed by atoms with E-state index in [1.165, 1.54) is 11.8 Å². The Morgan fingerprint density at radius 3 is 2.74 bits per heavy atom. The van der Waals surface area contributed by atoms with E-state index >= 15 is 0 Å². The van der Waals surface area contributed by atoms with E-state index in [2.05, 4.69) is 22.4 Å². The predicted octanol–water partition coefficient (Wildman–Crippen LogP) is 3.39. The van der Waals surface area contributed by atoms with Crippen molar-refractivity contribution in [3.8, 4) is 5.75 Å². The van der Waals surface area contributed by atoms with E-state index in [1.807, 2.05) is 59.0 Å². The zero-order valence-corrected chi connectivity index (χ0v) is 16.5. The number of hydrogen-bond donors (Lipinski definition) is 1. The summed E-state index contributed by atoms with van der Waals surface area (Å²) in [6.07, 6.45) is 5.66. The van der Waals surface area contributed by atoms with E-state index in [0.717, 1.165) is 24.2 Å². The van der Waals surface area contributed by atoms with Crippen molar-refractivity contribution in [2.24, 2.45) is 0 Å². The van der Waals surface area contributed by atoms with Gasteiger partial charge < -0.3 is 10.1 Å². The van der Waals surface area contributed by atoms with E-state index in [4.69, 9.17) is 4.74 Å². The third kappa shape index (κ3) is 4.51. The zero-order valence-electron chi connectivity index (χ0n) is 15.7. The van der Waals surface area contributed by atoms with E-state index < -0.39 is 0 Å². The van der Waals surface area contributed by atoms with Gasteiger partial charge in [-0.25, -0.2) is 4.68 Å². The number of carbonyl (C=O) groups is 1. The van der Waals surface area contributed by atoms with Crippen molar-refractivity contribution in [3.63, 3.8) is 0 Å². The molecule has 0 aliphatic heterocycles. The Kier molecular flexibility index (Phi) is 6.18. The largest absolute Gasteiger partial charge is 0.495 e. The molecule has 142 valence electrons. The number of rotatable bonds is 8. The molecule has 1 N–H and O–H groups in total. The first kappa shape index (κ1) is 19.0. The molecular weight excluding hydrogens is 362 g/mol. The lowest BCUT2D eigenvalue weighted by Gasteiger charge is -2.12. The summed E-state index contributed by atoms with van der Waals surface area (Å²) < 4.78 is 9.18. The topological polar surface area (TPSA) is 74.0 Å². The molecule has 0 fully saturated rings. The van der Waals surface area contributed by atoms with Gasteiger partial charge in [-0.1, -0.05) is 24.8 Å². The summed E-state index contributed by atoms with van der Waals surface area (Å²) in [6, 6.07) is 9.57. The minimum absolute atomic E-state index is 0.122. The Labute approximate surface area is 162 Å². The van der Waals surface area contributed by atoms with E-state index in [0.29, 0.717) is 16.6 Å². The standard InChI is InChI=1S/C19H23N5O2S/c1-4-7-17-21-22-19(24(17)23-10-5-6-11-23)27-13-18(25)20-15-12-14(2)8-9-16(15)26-3/h5-6,8-12H,4,7,13H2,1-3H3,(H,20,25). The van der Waals surface area contributed by atoms with Crippen LogP contribution in [-0.2, 0) is 11.2 Å². The van der Waals surface area contributed by atoms with Crippen LogP contribution in [0.3, 0.4) is 0 Å². The maximum Gasteiger partial charge on any atom is 0.234 e. The summed E-state index contributed by atoms with van der Waals surface area (Å²) >= 11 is 1.35. The van der Waals surface area contributed by atoms with Crippen molar-refractivity contribution in [2.75, 3.05) is 18.2 Å². The van der Waals surface area contributed by atoms with Crippen LogP contribution in [0.5, 0.6) is 5.75 Å². The zero-order chi connectivity index (χ0) is 19.2. The number of hydrogen-bond acceptors (Lipinski definition) is 5. The number of nitrogens with one attached hydrogen (secondary N) is 1. The number of carbonyl (C=O) groups excluding carboxylic acids is 1. The second-order valence-corrected chi connectivity index (χ2v) is 7.01. The molecule has 0 unspecified atom stereocenters. The van der Waals surface area contributed by atoms with Crippen LogP contribution in [0.25, 0.3) is 0 Å². The fourth-order valence-electron chi connectivity index (χ4n) is 2.69. The van der Waals surface area contributed by atoms with Crippen LogP contribution in [0.1, 0.15) is 24.7 Å². The number of benzene rings is 1. The second-order valence-electron chi connectivity index (χ2n) is 6.06. The summed E-state index contributed by atoms with van der Waals surface area (Å²) in [4.78, 5) is 12.4. The highest BCUT2D eigenvalue weighted by Crippen LogP contribution is 2.26. The van der Waals surface area contributed by atoms with Crippen molar-refractivity contribution >= 4 is 23.4 Å². The fourth-order valence-corrected chi connectivity index (χ4v) is 3.44. The smallest absolute Gasteiger partial charge is 0.234 e. The van der Waals surface area contributed by atoms with Gasteiger partial charge in [-0.05, 0) is 43.2 Å². The third-order valence-electron chi connectivity index (χ3n) is 3.93. The first-order valence-electron chi connectivity index (χ1n) is 8.77. The maximum atomic E-state index is 12.4. The average molecular weight is 385 g/mol. The summed E-state index contributed by atoms with van der Waals surface area (Å²) in [6.45, 7) is 4.07. The Morgan fingerprint density at radius 2 is 2.04 bits per heavy atom. The molecule has 0 bridgehead atoms. The minimum Gasteiger partial charge on any atom is -0.495 e. The molecule has 1 amide bonds. The first-order chi connectivity index (χ1) is 13.1. The molecule has 0 spiro atoms. The number of ether oxygens (including phenoxy) is 1. The van der Waals surface area contributed by atoms with Crippen molar-refractivity contribution in [1.29, 1.82) is 0 Å². The van der Waals surface area contributed by atoms with Gasteiger partial charge in [0, 0.05) is 18.8 Å². The Balaban J connectivity index is 1.72. The van der Waals surface area contributed by atoms with Gasteiger partial charge in [-0.2, -0.15) is 0 Å². The second kappa shape index (κ2) is 8.77. The van der Waals surface area contributed by atoms with E-state index in [-0.39, 0.29) is 11.7 Å². The van der Waals surface area contributed by atoms with Crippen LogP contribution in [-0.4, -0.2) is 38.3 Å². The van der Waals surface area contributed by atoms with Crippen molar-refractivity contribution < 1.29 is 9.53 Å². The SMILES string of the molecule is CCCc1nnc(SCC(=O)Nc2cc(C)ccc2OC)n1-n1cccc1. The highest BCUT2D eigenvalue weighted by molar-refractivity contribution is 7.99. The number of nitrogens with zero attached hydrogens (tertiary/aromatic N) is 4. The Bertz CT molecular complexity index is 905. The lowest BCUT2D eigenvalue weighted by molar-refractivity contribution is -0.113. The van der Waals surface area contributed by atoms with Crippen molar-refractivity contribution in [1.82, 2.24) is 19.5 Å². The third-order valence-corrected chi connectivity index (χ3v) is 4.85. The molecule has 3 aromatic rings. The molecule has 0 aliphatic carbocycles. The number of methoxy groups -OCH3 is 1. The quantitative estimate of drug-likeness (QED) is 0.602. The molecule has 7 nitrogen and oxygen atoms in total. The Hall–Kier alpha value is -2.74. The van der Waals surface area contributed by atoms with Gasteiger partial charge in [0.1, 0.15) is 5.75 Å². The van der Waals surface area contributed by atoms with Crippen molar-refractivity contribution in [2.45, 2.75) is 31.8 Å². The number of thioether (sulfide) groups is 1. The highest BCUT2D eigenvalue weighted by atomic mass is 32.2. The van der Waals surface area contributed by atoms with Crippen LogP contribution in [0.2, 0.25) is 0 Å². The molecule has 8 heteroatoms. The van der Waals surface area contributed by atoms with Gasteiger partial charge in [0.15, 0.2) is 5.82 Å². The molecule has 1 aromatic carbocycles. The van der Waals surface area contributed by atoms with Crippen molar-refractivity contribution in [3.05, 3.63) is 54.1 Å². The summed E-state index contributed by atoms with van der Waals surface area (Å²) in [5, 5.41) is 12.1. The van der Waals surface area contributed by atoms with Crippen LogP contribution >= 0.6 is 11.8 Å². The molecule has 0 radical (unpaired) electrons. The summed E-state index contributed by atoms with van der Waals surface area (Å²) in [5.41, 5.74) is 1.72. The lowest BCUT2D eigenvalue weighted by atomic mass is 10.2. The summed E-state index contributed by atoms with van der Waals surface area (Å²) in [5.74, 6) is 1.61. The summed E-state index contributed by atoms with van der Waals surface area (Å²) in [7, 11) is 1.59. The molecule has 0 aliphatic rings. The van der Waals surface area contributed by atoms with Crippen LogP contribution in [0, 0.1) is 6.92 Å². The van der Waals surface area contributed by atoms with Gasteiger partial charge >= 0.3 is 0 Å². The number of aromatic nitrogens is 4. The molecule has 0 saturated heterocycles. The van der Waals surface area contributed by atoms with Gasteiger partial charge in [0.25, 0.3) is 0 Å². The Morgan fingerprint density at radius 1 is 1.26 bits per heavy atom. The average Bonchev–Trinajstić information content (AvgIpc) is 3.30. The highest BCUT2D eigenvalue weighted by Gasteiger charge is 2.15. The van der Waals surface area contributed by atoms with E-state index in [9.17, 15) is 4.79 Å². The molecule has 2 aromatic heterocycles. The van der Waals surface area contributed by atoms with Crippen LogP contribution in [0.4, 0.5) is 5.69 Å². The lowest BCUT2D eigenvalue weighted by Crippen LogP contribution is -2.17. The van der Waals surface area contributed by atoms with E-state index in [1.54, 1.807) is 7.11 Å². The molecule has 27 heavy (non-hydrogen) atoms. The number of aryl methyl sites for hydroxylation is 2. The fraction of sp³-hybridized carbons (Fsp3) is 0.316. The number of amides is 1. The molecule has 3 rings (SSSR count). The number of anilines is 1. The van der Waals surface area contributed by atoms with Gasteiger partial charge in [-0.15, -0.1) is 10.2 Å². The van der Waals surface area contributed by atoms with Gasteiger partial charge in [0.2, 0.25) is 11.1 Å². The first-order valence-corrected chi connectivity index (χ1v) is 9.76. The molecular formula is C19H23N5O2S. The molecule has 2 heterocycles. The van der Waals surface area contributed by atoms with Crippen LogP contribution in [0.15, 0.2) is 47.9 Å². The van der Waals surface area contributed by atoms with Gasteiger partial charge in [0.05, 0.1) is 18.6 Å². The monoisotopic (exact) mass is 385 g/mol. The predicted molar refractivity (Wildman–Crippen MR) is 106 cm³/mol. The van der Waals surface area contributed by atoms with Crippen LogP contribution < -0.4 is 10.1 Å². The minimum atomic E-state index is -0.122. The molecule has 0 atom stereocenters. The maximum absolute atomic E-state index is 12.4. The van der Waals surface area contributed by atoms with Gasteiger partial charge in [-0.3, -0.25) is 9.47 Å².